The smallest absolute Gasteiger partial charge is 0.150 e. The molecule has 0 saturated heterocycles. The van der Waals surface area contributed by atoms with E-state index >= 15 is 0 Å². The minimum absolute atomic E-state index is 0.701. The molecule has 1 aromatic rings. The Hall–Kier alpha value is -2.09. The predicted octanol–water partition coefficient (Wildman–Crippen LogP) is 3.79. The molecule has 0 fully saturated rings. The Kier molecular flexibility index (Phi) is 3.47. The lowest BCUT2D eigenvalue weighted by Crippen LogP contribution is -1.92. The molecule has 18 heavy (non-hydrogen) atoms. The van der Waals surface area contributed by atoms with Crippen molar-refractivity contribution in [1.29, 1.82) is 0 Å². The zero-order chi connectivity index (χ0) is 13.1. The minimum Gasteiger partial charge on any atom is -0.497 e. The van der Waals surface area contributed by atoms with Gasteiger partial charge in [0.1, 0.15) is 12.0 Å². The number of carbonyl (C=O) groups excluding carboxylic acids is 1. The van der Waals surface area contributed by atoms with Gasteiger partial charge in [0.2, 0.25) is 0 Å². The third-order valence-electron chi connectivity index (χ3n) is 3.26. The van der Waals surface area contributed by atoms with Gasteiger partial charge in [0, 0.05) is 5.56 Å². The number of hydrogen-bond donors (Lipinski definition) is 0. The van der Waals surface area contributed by atoms with Crippen LogP contribution in [0, 0.1) is 13.8 Å². The van der Waals surface area contributed by atoms with Crippen LogP contribution >= 0.6 is 0 Å². The van der Waals surface area contributed by atoms with Crippen molar-refractivity contribution in [2.75, 3.05) is 7.11 Å². The number of aldehydes is 1. The summed E-state index contributed by atoms with van der Waals surface area (Å²) in [6.45, 7) is 3.89. The summed E-state index contributed by atoms with van der Waals surface area (Å²) in [6, 6.07) is 12.1. The molecule has 0 heterocycles. The van der Waals surface area contributed by atoms with E-state index in [1.807, 2.05) is 19.9 Å². The van der Waals surface area contributed by atoms with Crippen LogP contribution in [0.15, 0.2) is 36.4 Å². The van der Waals surface area contributed by atoms with E-state index in [1.165, 1.54) is 11.1 Å². The van der Waals surface area contributed by atoms with Crippen molar-refractivity contribution < 1.29 is 9.53 Å². The van der Waals surface area contributed by atoms with Gasteiger partial charge in [0.15, 0.2) is 0 Å². The first-order chi connectivity index (χ1) is 8.65. The van der Waals surface area contributed by atoms with Gasteiger partial charge < -0.3 is 4.74 Å². The topological polar surface area (TPSA) is 26.3 Å². The summed E-state index contributed by atoms with van der Waals surface area (Å²) in [4.78, 5) is 10.6. The van der Waals surface area contributed by atoms with E-state index < -0.39 is 0 Å². The fourth-order valence-corrected chi connectivity index (χ4v) is 1.76. The highest BCUT2D eigenvalue weighted by Crippen LogP contribution is 2.29. The van der Waals surface area contributed by atoms with Crippen LogP contribution in [-0.4, -0.2) is 13.4 Å². The Morgan fingerprint density at radius 2 is 1.56 bits per heavy atom. The first-order valence-corrected chi connectivity index (χ1v) is 5.86. The molecule has 2 aliphatic carbocycles. The second-order valence-corrected chi connectivity index (χ2v) is 4.35. The van der Waals surface area contributed by atoms with Gasteiger partial charge in [-0.1, -0.05) is 24.3 Å². The summed E-state index contributed by atoms with van der Waals surface area (Å²) in [5.74, 6) is 0.736. The quantitative estimate of drug-likeness (QED) is 0.637. The van der Waals surface area contributed by atoms with Crippen molar-refractivity contribution in [1.82, 2.24) is 0 Å². The van der Waals surface area contributed by atoms with Gasteiger partial charge in [-0.25, -0.2) is 0 Å². The molecule has 2 nitrogen and oxygen atoms in total. The van der Waals surface area contributed by atoms with Crippen molar-refractivity contribution in [2.45, 2.75) is 13.8 Å². The lowest BCUT2D eigenvalue weighted by Gasteiger charge is -2.10. The zero-order valence-corrected chi connectivity index (χ0v) is 10.9. The summed E-state index contributed by atoms with van der Waals surface area (Å²) < 4.78 is 5.03. The van der Waals surface area contributed by atoms with Crippen LogP contribution in [-0.2, 0) is 0 Å². The van der Waals surface area contributed by atoms with Crippen molar-refractivity contribution >= 4 is 6.29 Å². The minimum atomic E-state index is 0.701. The first kappa shape index (κ1) is 12.4. The lowest BCUT2D eigenvalue weighted by molar-refractivity contribution is 0.112. The van der Waals surface area contributed by atoms with Crippen molar-refractivity contribution in [2.24, 2.45) is 0 Å². The highest BCUT2D eigenvalue weighted by atomic mass is 16.5. The number of ether oxygens (including phenoxy) is 1. The number of methoxy groups -OCH3 is 1. The Labute approximate surface area is 107 Å². The maximum atomic E-state index is 10.6. The Balaban J connectivity index is 0.000000164. The predicted molar refractivity (Wildman–Crippen MR) is 73.3 cm³/mol. The van der Waals surface area contributed by atoms with E-state index in [4.69, 9.17) is 4.74 Å². The van der Waals surface area contributed by atoms with Crippen LogP contribution in [0.1, 0.15) is 21.5 Å². The number of hydrogen-bond acceptors (Lipinski definition) is 2. The third-order valence-corrected chi connectivity index (χ3v) is 3.26. The Bertz CT molecular complexity index is 547. The molecular formula is C16H16O2. The molecule has 92 valence electrons. The number of benzene rings is 2. The average Bonchev–Trinajstić information content (AvgIpc) is 2.37. The molecule has 2 aliphatic rings. The highest BCUT2D eigenvalue weighted by Gasteiger charge is 2.04. The van der Waals surface area contributed by atoms with Crippen molar-refractivity contribution in [3.8, 4) is 16.9 Å². The maximum absolute atomic E-state index is 10.6. The van der Waals surface area contributed by atoms with Crippen molar-refractivity contribution in [3.63, 3.8) is 0 Å². The highest BCUT2D eigenvalue weighted by molar-refractivity contribution is 5.78. The summed E-state index contributed by atoms with van der Waals surface area (Å²) >= 11 is 0. The van der Waals surface area contributed by atoms with Crippen LogP contribution in [0.3, 0.4) is 0 Å². The van der Waals surface area contributed by atoms with Gasteiger partial charge in [-0.05, 0) is 48.2 Å². The van der Waals surface area contributed by atoms with Crippen LogP contribution in [0.25, 0.3) is 11.1 Å². The number of aryl methyl sites for hydroxylation is 1. The van der Waals surface area contributed by atoms with Crippen LogP contribution in [0.4, 0.5) is 0 Å². The van der Waals surface area contributed by atoms with Crippen LogP contribution < -0.4 is 4.74 Å². The van der Waals surface area contributed by atoms with Gasteiger partial charge in [-0.3, -0.25) is 4.79 Å². The molecule has 0 bridgehead atoms. The SMILES string of the molecule is COc1cc(C)c(C)c(C=O)c1.c1cc2ccc1-2. The van der Waals surface area contributed by atoms with Crippen LogP contribution in [0.5, 0.6) is 5.75 Å². The lowest BCUT2D eigenvalue weighted by atomic mass is 9.95. The second-order valence-electron chi connectivity index (χ2n) is 4.35. The van der Waals surface area contributed by atoms with Gasteiger partial charge >= 0.3 is 0 Å². The van der Waals surface area contributed by atoms with E-state index in [0.29, 0.717) is 5.56 Å². The molecule has 0 N–H and O–H groups in total. The summed E-state index contributed by atoms with van der Waals surface area (Å²) in [6.07, 6.45) is 0.852. The normalized spacial score (nSPS) is 10.2. The maximum Gasteiger partial charge on any atom is 0.150 e. The van der Waals surface area contributed by atoms with E-state index in [9.17, 15) is 4.79 Å². The standard InChI is InChI=1S/C10H12O2.C6H4/c1-7-4-10(12-3)5-9(6-11)8(7)2;1-2-6-4-3-5(1)6/h4-6H,1-3H3;1-4H. The number of rotatable bonds is 2. The van der Waals surface area contributed by atoms with Gasteiger partial charge in [-0.2, -0.15) is 0 Å². The fourth-order valence-electron chi connectivity index (χ4n) is 1.76. The third kappa shape index (κ3) is 2.28. The molecule has 1 aromatic carbocycles. The first-order valence-electron chi connectivity index (χ1n) is 5.86. The number of fused-ring (bicyclic) bond motifs is 1. The Morgan fingerprint density at radius 3 is 1.89 bits per heavy atom. The van der Waals surface area contributed by atoms with Gasteiger partial charge in [0.25, 0.3) is 0 Å². The summed E-state index contributed by atoms with van der Waals surface area (Å²) in [7, 11) is 1.60. The molecule has 3 rings (SSSR count). The largest absolute Gasteiger partial charge is 0.497 e. The van der Waals surface area contributed by atoms with E-state index in [1.54, 1.807) is 13.2 Å². The van der Waals surface area contributed by atoms with Crippen LogP contribution in [0.2, 0.25) is 0 Å². The molecule has 0 radical (unpaired) electrons. The summed E-state index contributed by atoms with van der Waals surface area (Å²) in [5, 5.41) is 0. The molecular weight excluding hydrogens is 224 g/mol. The molecule has 0 aliphatic heterocycles. The van der Waals surface area contributed by atoms with Crippen molar-refractivity contribution in [3.05, 3.63) is 53.1 Å². The monoisotopic (exact) mass is 240 g/mol. The molecule has 0 saturated carbocycles. The molecule has 0 aromatic heterocycles. The fraction of sp³-hybridized carbons (Fsp3) is 0.188. The van der Waals surface area contributed by atoms with E-state index in [2.05, 4.69) is 24.3 Å². The molecule has 2 heteroatoms. The molecule has 0 atom stereocenters. The Morgan fingerprint density at radius 1 is 1.00 bits per heavy atom. The molecule has 0 spiro atoms. The molecule has 0 amide bonds. The van der Waals surface area contributed by atoms with Gasteiger partial charge in [0.05, 0.1) is 7.11 Å². The zero-order valence-electron chi connectivity index (χ0n) is 10.9. The second kappa shape index (κ2) is 5.05. The van der Waals surface area contributed by atoms with E-state index in [0.717, 1.165) is 23.2 Å². The average molecular weight is 240 g/mol. The van der Waals surface area contributed by atoms with E-state index in [-0.39, 0.29) is 0 Å². The number of carbonyl (C=O) groups is 1. The molecule has 0 unspecified atom stereocenters. The van der Waals surface area contributed by atoms with Gasteiger partial charge in [-0.15, -0.1) is 0 Å². The summed E-state index contributed by atoms with van der Waals surface area (Å²) in [5.41, 5.74) is 5.65.